The predicted molar refractivity (Wildman–Crippen MR) is 82.0 cm³/mol. The van der Waals surface area contributed by atoms with E-state index in [2.05, 4.69) is 21.0 Å². The second-order valence-electron chi connectivity index (χ2n) is 6.29. The zero-order valence-corrected chi connectivity index (χ0v) is 12.5. The first kappa shape index (κ1) is 13.5. The summed E-state index contributed by atoms with van der Waals surface area (Å²) in [5.74, 6) is 0.845. The number of aromatic nitrogens is 3. The maximum absolute atomic E-state index is 12.8. The molecule has 0 N–H and O–H groups in total. The number of pyridine rings is 1. The van der Waals surface area contributed by atoms with Crippen LogP contribution in [0.3, 0.4) is 0 Å². The van der Waals surface area contributed by atoms with E-state index in [0.29, 0.717) is 17.9 Å². The van der Waals surface area contributed by atoms with Crippen LogP contribution in [-0.2, 0) is 11.3 Å². The SMILES string of the molecule is O=C([C@@H]1C[C@H]1c1cccnc1)N1CCC[C@@H]1Cn1cccn1. The molecule has 1 aliphatic heterocycles. The first-order chi connectivity index (χ1) is 10.8. The molecule has 0 aromatic carbocycles. The summed E-state index contributed by atoms with van der Waals surface area (Å²) in [6, 6.07) is 6.25. The Balaban J connectivity index is 1.42. The van der Waals surface area contributed by atoms with Crippen molar-refractivity contribution in [1.29, 1.82) is 0 Å². The highest BCUT2D eigenvalue weighted by Crippen LogP contribution is 2.48. The minimum atomic E-state index is 0.155. The Morgan fingerprint density at radius 1 is 1.32 bits per heavy atom. The number of likely N-dealkylation sites (tertiary alicyclic amines) is 1. The fourth-order valence-electron chi connectivity index (χ4n) is 3.58. The average Bonchev–Trinajstić information content (AvgIpc) is 2.94. The van der Waals surface area contributed by atoms with Crippen LogP contribution in [0.25, 0.3) is 0 Å². The van der Waals surface area contributed by atoms with Crippen LogP contribution in [0, 0.1) is 5.92 Å². The van der Waals surface area contributed by atoms with Crippen LogP contribution < -0.4 is 0 Å². The molecule has 0 unspecified atom stereocenters. The summed E-state index contributed by atoms with van der Waals surface area (Å²) in [5, 5.41) is 4.27. The topological polar surface area (TPSA) is 51.0 Å². The number of carbonyl (C=O) groups excluding carboxylic acids is 1. The summed E-state index contributed by atoms with van der Waals surface area (Å²) in [4.78, 5) is 19.1. The van der Waals surface area contributed by atoms with Crippen LogP contribution >= 0.6 is 0 Å². The van der Waals surface area contributed by atoms with E-state index in [4.69, 9.17) is 0 Å². The van der Waals surface area contributed by atoms with E-state index in [9.17, 15) is 4.79 Å². The summed E-state index contributed by atoms with van der Waals surface area (Å²) in [6.07, 6.45) is 10.6. The van der Waals surface area contributed by atoms with Crippen molar-refractivity contribution >= 4 is 5.91 Å². The molecule has 1 saturated heterocycles. The molecule has 1 aliphatic carbocycles. The summed E-state index contributed by atoms with van der Waals surface area (Å²) in [7, 11) is 0. The van der Waals surface area contributed by atoms with Crippen molar-refractivity contribution in [3.8, 4) is 0 Å². The standard InChI is InChI=1S/C17H20N4O/c22-17(16-10-15(16)13-4-1-6-18-11-13)21-9-2-5-14(21)12-20-8-3-7-19-20/h1,3-4,6-8,11,14-16H,2,5,9-10,12H2/t14-,15+,16-/m1/s1. The molecule has 3 atom stereocenters. The van der Waals surface area contributed by atoms with Crippen LogP contribution in [0.15, 0.2) is 43.0 Å². The molecule has 2 aliphatic rings. The Labute approximate surface area is 130 Å². The molecule has 2 fully saturated rings. The van der Waals surface area contributed by atoms with Crippen molar-refractivity contribution in [2.75, 3.05) is 6.54 Å². The highest BCUT2D eigenvalue weighted by atomic mass is 16.2. The molecule has 1 saturated carbocycles. The Kier molecular flexibility index (Phi) is 3.41. The molecule has 22 heavy (non-hydrogen) atoms. The molecule has 2 aromatic rings. The molecule has 0 radical (unpaired) electrons. The highest BCUT2D eigenvalue weighted by Gasteiger charge is 2.47. The largest absolute Gasteiger partial charge is 0.338 e. The lowest BCUT2D eigenvalue weighted by Gasteiger charge is -2.25. The number of nitrogens with zero attached hydrogens (tertiary/aromatic N) is 4. The van der Waals surface area contributed by atoms with Gasteiger partial charge in [0.1, 0.15) is 0 Å². The van der Waals surface area contributed by atoms with Gasteiger partial charge in [0.15, 0.2) is 0 Å². The van der Waals surface area contributed by atoms with Gasteiger partial charge < -0.3 is 4.90 Å². The number of hydrogen-bond donors (Lipinski definition) is 0. The van der Waals surface area contributed by atoms with Crippen molar-refractivity contribution in [2.24, 2.45) is 5.92 Å². The van der Waals surface area contributed by atoms with Crippen molar-refractivity contribution < 1.29 is 4.79 Å². The predicted octanol–water partition coefficient (Wildman–Crippen LogP) is 2.07. The molecule has 0 spiro atoms. The van der Waals surface area contributed by atoms with Gasteiger partial charge in [0.2, 0.25) is 5.91 Å². The second kappa shape index (κ2) is 5.55. The van der Waals surface area contributed by atoms with E-state index in [0.717, 1.165) is 32.4 Å². The van der Waals surface area contributed by atoms with Crippen molar-refractivity contribution in [3.05, 3.63) is 48.5 Å². The van der Waals surface area contributed by atoms with Crippen LogP contribution in [0.5, 0.6) is 0 Å². The van der Waals surface area contributed by atoms with Gasteiger partial charge in [0.05, 0.1) is 12.6 Å². The molecular formula is C17H20N4O. The molecule has 1 amide bonds. The lowest BCUT2D eigenvalue weighted by molar-refractivity contribution is -0.133. The van der Waals surface area contributed by atoms with Gasteiger partial charge in [0, 0.05) is 37.3 Å². The molecule has 2 aromatic heterocycles. The molecule has 4 rings (SSSR count). The van der Waals surface area contributed by atoms with Gasteiger partial charge in [-0.3, -0.25) is 14.5 Å². The molecule has 0 bridgehead atoms. The van der Waals surface area contributed by atoms with Crippen molar-refractivity contribution in [2.45, 2.75) is 37.8 Å². The molecule has 3 heterocycles. The fraction of sp³-hybridized carbons (Fsp3) is 0.471. The van der Waals surface area contributed by atoms with Gasteiger partial charge in [0.25, 0.3) is 0 Å². The maximum atomic E-state index is 12.8. The van der Waals surface area contributed by atoms with Gasteiger partial charge in [-0.15, -0.1) is 0 Å². The molecule has 5 heteroatoms. The van der Waals surface area contributed by atoms with Gasteiger partial charge in [-0.2, -0.15) is 5.10 Å². The highest BCUT2D eigenvalue weighted by molar-refractivity contribution is 5.83. The third-order valence-corrected chi connectivity index (χ3v) is 4.84. The van der Waals surface area contributed by atoms with Gasteiger partial charge >= 0.3 is 0 Å². The summed E-state index contributed by atoms with van der Waals surface area (Å²) in [5.41, 5.74) is 1.20. The summed E-state index contributed by atoms with van der Waals surface area (Å²) in [6.45, 7) is 1.70. The first-order valence-electron chi connectivity index (χ1n) is 8.01. The van der Waals surface area contributed by atoms with E-state index in [1.54, 1.807) is 12.4 Å². The maximum Gasteiger partial charge on any atom is 0.226 e. The van der Waals surface area contributed by atoms with Crippen LogP contribution in [0.2, 0.25) is 0 Å². The number of carbonyl (C=O) groups is 1. The molecule has 5 nitrogen and oxygen atoms in total. The van der Waals surface area contributed by atoms with Crippen molar-refractivity contribution in [1.82, 2.24) is 19.7 Å². The second-order valence-corrected chi connectivity index (χ2v) is 6.29. The van der Waals surface area contributed by atoms with E-state index < -0.39 is 0 Å². The molecule has 114 valence electrons. The van der Waals surface area contributed by atoms with Crippen LogP contribution in [-0.4, -0.2) is 38.2 Å². The van der Waals surface area contributed by atoms with Crippen LogP contribution in [0.1, 0.15) is 30.7 Å². The lowest BCUT2D eigenvalue weighted by atomic mass is 10.1. The van der Waals surface area contributed by atoms with Gasteiger partial charge in [-0.1, -0.05) is 6.07 Å². The number of amides is 1. The Morgan fingerprint density at radius 3 is 3.05 bits per heavy atom. The number of hydrogen-bond acceptors (Lipinski definition) is 3. The fourth-order valence-corrected chi connectivity index (χ4v) is 3.58. The third-order valence-electron chi connectivity index (χ3n) is 4.84. The lowest BCUT2D eigenvalue weighted by Crippen LogP contribution is -2.39. The Morgan fingerprint density at radius 2 is 2.27 bits per heavy atom. The zero-order chi connectivity index (χ0) is 14.9. The van der Waals surface area contributed by atoms with Gasteiger partial charge in [-0.05, 0) is 42.9 Å². The molecular weight excluding hydrogens is 276 g/mol. The minimum Gasteiger partial charge on any atom is -0.338 e. The van der Waals surface area contributed by atoms with E-state index in [1.165, 1.54) is 5.56 Å². The average molecular weight is 296 g/mol. The number of rotatable bonds is 4. The first-order valence-corrected chi connectivity index (χ1v) is 8.01. The Hall–Kier alpha value is -2.17. The van der Waals surface area contributed by atoms with E-state index >= 15 is 0 Å². The smallest absolute Gasteiger partial charge is 0.226 e. The van der Waals surface area contributed by atoms with Gasteiger partial charge in [-0.25, -0.2) is 0 Å². The monoisotopic (exact) mass is 296 g/mol. The minimum absolute atomic E-state index is 0.155. The van der Waals surface area contributed by atoms with E-state index in [-0.39, 0.29) is 5.92 Å². The normalized spacial score (nSPS) is 27.1. The quantitative estimate of drug-likeness (QED) is 0.868. The zero-order valence-electron chi connectivity index (χ0n) is 12.5. The van der Waals surface area contributed by atoms with E-state index in [1.807, 2.05) is 29.2 Å². The van der Waals surface area contributed by atoms with Crippen LogP contribution in [0.4, 0.5) is 0 Å². The third kappa shape index (κ3) is 2.51. The Bertz CT molecular complexity index is 640. The summed E-state index contributed by atoms with van der Waals surface area (Å²) < 4.78 is 1.93. The van der Waals surface area contributed by atoms with Crippen molar-refractivity contribution in [3.63, 3.8) is 0 Å². The summed E-state index contributed by atoms with van der Waals surface area (Å²) >= 11 is 0.